The summed E-state index contributed by atoms with van der Waals surface area (Å²) in [6.45, 7) is 7.24. The summed E-state index contributed by atoms with van der Waals surface area (Å²) in [5.74, 6) is 1.80. The van der Waals surface area contributed by atoms with E-state index in [0.717, 1.165) is 18.4 Å². The summed E-state index contributed by atoms with van der Waals surface area (Å²) in [5, 5.41) is 3.54. The Bertz CT molecular complexity index is 204. The van der Waals surface area contributed by atoms with Crippen molar-refractivity contribution in [3.8, 4) is 0 Å². The predicted molar refractivity (Wildman–Crippen MR) is 59.9 cm³/mol. The van der Waals surface area contributed by atoms with Gasteiger partial charge in [-0.3, -0.25) is 0 Å². The third-order valence-corrected chi connectivity index (χ3v) is 4.05. The molecule has 3 heterocycles. The molecule has 3 fully saturated rings. The number of ether oxygens (including phenoxy) is 1. The molecule has 0 aliphatic carbocycles. The van der Waals surface area contributed by atoms with Crippen LogP contribution in [-0.4, -0.2) is 50.3 Å². The minimum absolute atomic E-state index is 0.539. The molecule has 0 spiro atoms. The van der Waals surface area contributed by atoms with Crippen molar-refractivity contribution in [3.05, 3.63) is 0 Å². The van der Waals surface area contributed by atoms with E-state index < -0.39 is 0 Å². The second-order valence-electron chi connectivity index (χ2n) is 5.48. The average Bonchev–Trinajstić information content (AvgIpc) is 2.70. The van der Waals surface area contributed by atoms with Crippen LogP contribution in [0.1, 0.15) is 19.3 Å². The Morgan fingerprint density at radius 3 is 2.67 bits per heavy atom. The van der Waals surface area contributed by atoms with Crippen LogP contribution in [0.15, 0.2) is 0 Å². The molecule has 3 heteroatoms. The zero-order valence-corrected chi connectivity index (χ0v) is 9.45. The molecule has 3 atom stereocenters. The fourth-order valence-corrected chi connectivity index (χ4v) is 3.44. The minimum atomic E-state index is 0.539. The van der Waals surface area contributed by atoms with Crippen LogP contribution in [0.3, 0.4) is 0 Å². The van der Waals surface area contributed by atoms with Crippen molar-refractivity contribution in [1.82, 2.24) is 10.2 Å². The first kappa shape index (κ1) is 10.1. The molecule has 1 N–H and O–H groups in total. The molecular formula is C12H22N2O. The van der Waals surface area contributed by atoms with Gasteiger partial charge in [-0.25, -0.2) is 0 Å². The summed E-state index contributed by atoms with van der Waals surface area (Å²) in [6, 6.07) is 0. The standard InChI is InChI=1S/C12H22N2O/c1-2-12(15-3-1)9-14-7-10-4-11(8-14)6-13-5-10/h10-13H,1-9H2. The monoisotopic (exact) mass is 210 g/mol. The number of nitrogens with zero attached hydrogens (tertiary/aromatic N) is 1. The Balaban J connectivity index is 1.53. The van der Waals surface area contributed by atoms with Crippen LogP contribution in [-0.2, 0) is 4.74 Å². The van der Waals surface area contributed by atoms with Crippen LogP contribution in [0, 0.1) is 11.8 Å². The average molecular weight is 210 g/mol. The van der Waals surface area contributed by atoms with Crippen molar-refractivity contribution in [2.45, 2.75) is 25.4 Å². The van der Waals surface area contributed by atoms with Crippen molar-refractivity contribution < 1.29 is 4.74 Å². The summed E-state index contributed by atoms with van der Waals surface area (Å²) in [6.07, 6.45) is 4.54. The number of hydrogen-bond acceptors (Lipinski definition) is 3. The Hall–Kier alpha value is -0.120. The Kier molecular flexibility index (Phi) is 2.95. The summed E-state index contributed by atoms with van der Waals surface area (Å²) < 4.78 is 5.72. The molecule has 0 saturated carbocycles. The van der Waals surface area contributed by atoms with E-state index in [1.165, 1.54) is 52.0 Å². The number of rotatable bonds is 2. The maximum absolute atomic E-state index is 5.72. The van der Waals surface area contributed by atoms with Crippen molar-refractivity contribution in [1.29, 1.82) is 0 Å². The van der Waals surface area contributed by atoms with Gasteiger partial charge in [0.05, 0.1) is 6.10 Å². The molecule has 3 nitrogen and oxygen atoms in total. The van der Waals surface area contributed by atoms with Gasteiger partial charge in [-0.1, -0.05) is 0 Å². The second-order valence-corrected chi connectivity index (χ2v) is 5.48. The van der Waals surface area contributed by atoms with Gasteiger partial charge in [0.1, 0.15) is 0 Å². The molecule has 3 aliphatic heterocycles. The third kappa shape index (κ3) is 2.35. The molecule has 0 aromatic heterocycles. The Morgan fingerprint density at radius 2 is 2.00 bits per heavy atom. The lowest BCUT2D eigenvalue weighted by Crippen LogP contribution is -2.52. The molecule has 3 saturated heterocycles. The molecule has 3 unspecified atom stereocenters. The molecule has 0 amide bonds. The largest absolute Gasteiger partial charge is 0.377 e. The van der Waals surface area contributed by atoms with Crippen LogP contribution in [0.25, 0.3) is 0 Å². The summed E-state index contributed by atoms with van der Waals surface area (Å²) >= 11 is 0. The van der Waals surface area contributed by atoms with E-state index in [1.807, 2.05) is 0 Å². The highest BCUT2D eigenvalue weighted by Crippen LogP contribution is 2.25. The summed E-state index contributed by atoms with van der Waals surface area (Å²) in [7, 11) is 0. The van der Waals surface area contributed by atoms with Crippen LogP contribution in [0.2, 0.25) is 0 Å². The molecule has 86 valence electrons. The van der Waals surface area contributed by atoms with Gasteiger partial charge in [-0.15, -0.1) is 0 Å². The highest BCUT2D eigenvalue weighted by molar-refractivity contribution is 4.86. The number of hydrogen-bond donors (Lipinski definition) is 1. The quantitative estimate of drug-likeness (QED) is 0.726. The summed E-state index contributed by atoms with van der Waals surface area (Å²) in [4.78, 5) is 2.65. The zero-order chi connectivity index (χ0) is 10.1. The van der Waals surface area contributed by atoms with E-state index in [4.69, 9.17) is 4.74 Å². The number of piperidine rings is 2. The van der Waals surface area contributed by atoms with Gasteiger partial charge in [0.15, 0.2) is 0 Å². The van der Waals surface area contributed by atoms with E-state index >= 15 is 0 Å². The number of likely N-dealkylation sites (tertiary alicyclic amines) is 1. The second kappa shape index (κ2) is 4.40. The first-order valence-corrected chi connectivity index (χ1v) is 6.45. The molecule has 0 aromatic carbocycles. The van der Waals surface area contributed by atoms with Gasteiger partial charge in [-0.05, 0) is 44.2 Å². The molecule has 15 heavy (non-hydrogen) atoms. The highest BCUT2D eigenvalue weighted by atomic mass is 16.5. The molecule has 3 aliphatic rings. The van der Waals surface area contributed by atoms with Crippen molar-refractivity contribution in [3.63, 3.8) is 0 Å². The van der Waals surface area contributed by atoms with Gasteiger partial charge in [0, 0.05) is 26.2 Å². The van der Waals surface area contributed by atoms with Gasteiger partial charge in [-0.2, -0.15) is 0 Å². The number of fused-ring (bicyclic) bond motifs is 2. The van der Waals surface area contributed by atoms with Gasteiger partial charge in [0.25, 0.3) is 0 Å². The predicted octanol–water partition coefficient (Wildman–Crippen LogP) is 0.707. The highest BCUT2D eigenvalue weighted by Gasteiger charge is 2.31. The van der Waals surface area contributed by atoms with Crippen molar-refractivity contribution in [2.24, 2.45) is 11.8 Å². The van der Waals surface area contributed by atoms with E-state index in [2.05, 4.69) is 10.2 Å². The van der Waals surface area contributed by atoms with E-state index in [-0.39, 0.29) is 0 Å². The first-order valence-electron chi connectivity index (χ1n) is 6.45. The van der Waals surface area contributed by atoms with E-state index in [0.29, 0.717) is 6.10 Å². The lowest BCUT2D eigenvalue weighted by Gasteiger charge is -2.42. The normalized spacial score (nSPS) is 42.0. The van der Waals surface area contributed by atoms with Crippen LogP contribution in [0.5, 0.6) is 0 Å². The zero-order valence-electron chi connectivity index (χ0n) is 9.45. The third-order valence-electron chi connectivity index (χ3n) is 4.05. The van der Waals surface area contributed by atoms with Gasteiger partial charge < -0.3 is 15.0 Å². The van der Waals surface area contributed by atoms with Crippen molar-refractivity contribution >= 4 is 0 Å². The topological polar surface area (TPSA) is 24.5 Å². The lowest BCUT2D eigenvalue weighted by molar-refractivity contribution is 0.0335. The molecule has 0 aromatic rings. The minimum Gasteiger partial charge on any atom is -0.377 e. The first-order chi connectivity index (χ1) is 7.40. The van der Waals surface area contributed by atoms with E-state index in [1.54, 1.807) is 0 Å². The molecule has 2 bridgehead atoms. The Morgan fingerprint density at radius 1 is 1.20 bits per heavy atom. The summed E-state index contributed by atoms with van der Waals surface area (Å²) in [5.41, 5.74) is 0. The fraction of sp³-hybridized carbons (Fsp3) is 1.00. The van der Waals surface area contributed by atoms with Crippen molar-refractivity contribution in [2.75, 3.05) is 39.3 Å². The Labute approximate surface area is 92.2 Å². The molecular weight excluding hydrogens is 188 g/mol. The van der Waals surface area contributed by atoms with Crippen LogP contribution < -0.4 is 5.32 Å². The van der Waals surface area contributed by atoms with Gasteiger partial charge in [0.2, 0.25) is 0 Å². The van der Waals surface area contributed by atoms with Gasteiger partial charge >= 0.3 is 0 Å². The molecule has 3 rings (SSSR count). The SMILES string of the molecule is C1COC(CN2CC3CNCC(C3)C2)C1. The molecule has 0 radical (unpaired) electrons. The van der Waals surface area contributed by atoms with E-state index in [9.17, 15) is 0 Å². The smallest absolute Gasteiger partial charge is 0.0702 e. The maximum atomic E-state index is 5.72. The lowest BCUT2D eigenvalue weighted by atomic mass is 9.86. The van der Waals surface area contributed by atoms with Crippen LogP contribution >= 0.6 is 0 Å². The fourth-order valence-electron chi connectivity index (χ4n) is 3.44. The number of nitrogens with one attached hydrogen (secondary N) is 1. The maximum Gasteiger partial charge on any atom is 0.0702 e. The van der Waals surface area contributed by atoms with Crippen LogP contribution in [0.4, 0.5) is 0 Å².